The number of rotatable bonds is 6. The molecule has 20 heavy (non-hydrogen) atoms. The normalized spacial score (nSPS) is 10.3. The Morgan fingerprint density at radius 3 is 2.60 bits per heavy atom. The van der Waals surface area contributed by atoms with E-state index >= 15 is 0 Å². The Morgan fingerprint density at radius 1 is 1.20 bits per heavy atom. The van der Waals surface area contributed by atoms with Gasteiger partial charge in [-0.05, 0) is 37.5 Å². The van der Waals surface area contributed by atoms with E-state index in [0.29, 0.717) is 11.6 Å². The smallest absolute Gasteiger partial charge is 0.131 e. The summed E-state index contributed by atoms with van der Waals surface area (Å²) in [7, 11) is 1.67. The lowest BCUT2D eigenvalue weighted by atomic mass is 10.1. The predicted octanol–water partition coefficient (Wildman–Crippen LogP) is 2.42. The van der Waals surface area contributed by atoms with Crippen LogP contribution in [-0.4, -0.2) is 23.6 Å². The largest absolute Gasteiger partial charge is 0.497 e. The molecule has 5 heteroatoms. The molecule has 0 aliphatic carbocycles. The highest BCUT2D eigenvalue weighted by atomic mass is 16.5. The Balaban J connectivity index is 1.78. The van der Waals surface area contributed by atoms with Gasteiger partial charge >= 0.3 is 0 Å². The van der Waals surface area contributed by atoms with E-state index in [-0.39, 0.29) is 0 Å². The zero-order chi connectivity index (χ0) is 14.4. The molecule has 0 unspecified atom stereocenters. The molecule has 1 aromatic heterocycles. The standard InChI is InChI=1S/C15H20N4O/c1-11-18-14(16)10-15(19-11)17-9-3-4-12-5-7-13(20-2)8-6-12/h5-8,10H,3-4,9H2,1-2H3,(H3,16,17,18,19). The van der Waals surface area contributed by atoms with Gasteiger partial charge in [0.2, 0.25) is 0 Å². The molecule has 2 aromatic rings. The Morgan fingerprint density at radius 2 is 1.95 bits per heavy atom. The van der Waals surface area contributed by atoms with Crippen LogP contribution in [-0.2, 0) is 6.42 Å². The fourth-order valence-corrected chi connectivity index (χ4v) is 1.98. The van der Waals surface area contributed by atoms with Crippen molar-refractivity contribution in [1.82, 2.24) is 9.97 Å². The number of aryl methyl sites for hydroxylation is 2. The Labute approximate surface area is 119 Å². The van der Waals surface area contributed by atoms with Gasteiger partial charge in [-0.25, -0.2) is 9.97 Å². The van der Waals surface area contributed by atoms with E-state index in [9.17, 15) is 0 Å². The summed E-state index contributed by atoms with van der Waals surface area (Å²) < 4.78 is 5.14. The van der Waals surface area contributed by atoms with Gasteiger partial charge in [-0.15, -0.1) is 0 Å². The fourth-order valence-electron chi connectivity index (χ4n) is 1.98. The quantitative estimate of drug-likeness (QED) is 0.790. The molecule has 0 saturated carbocycles. The number of nitrogen functional groups attached to an aromatic ring is 1. The summed E-state index contributed by atoms with van der Waals surface area (Å²) in [6.07, 6.45) is 2.03. The Kier molecular flexibility index (Phi) is 4.76. The first kappa shape index (κ1) is 14.1. The van der Waals surface area contributed by atoms with Crippen molar-refractivity contribution >= 4 is 11.6 Å². The second-order valence-corrected chi connectivity index (χ2v) is 4.60. The van der Waals surface area contributed by atoms with E-state index in [1.54, 1.807) is 13.2 Å². The molecule has 0 bridgehead atoms. The molecule has 0 spiro atoms. The van der Waals surface area contributed by atoms with Crippen LogP contribution in [0.3, 0.4) is 0 Å². The van der Waals surface area contributed by atoms with Gasteiger partial charge in [-0.1, -0.05) is 12.1 Å². The molecule has 0 atom stereocenters. The summed E-state index contributed by atoms with van der Waals surface area (Å²) >= 11 is 0. The second-order valence-electron chi connectivity index (χ2n) is 4.60. The first-order valence-electron chi connectivity index (χ1n) is 6.65. The molecule has 3 N–H and O–H groups in total. The summed E-state index contributed by atoms with van der Waals surface area (Å²) in [4.78, 5) is 8.32. The summed E-state index contributed by atoms with van der Waals surface area (Å²) in [6, 6.07) is 9.90. The molecule has 0 fully saturated rings. The third-order valence-corrected chi connectivity index (χ3v) is 2.97. The minimum Gasteiger partial charge on any atom is -0.497 e. The summed E-state index contributed by atoms with van der Waals surface area (Å²) in [5, 5.41) is 3.26. The van der Waals surface area contributed by atoms with E-state index in [4.69, 9.17) is 10.5 Å². The lowest BCUT2D eigenvalue weighted by molar-refractivity contribution is 0.414. The predicted molar refractivity (Wildman–Crippen MR) is 81.0 cm³/mol. The topological polar surface area (TPSA) is 73.1 Å². The van der Waals surface area contributed by atoms with E-state index in [0.717, 1.165) is 31.0 Å². The first-order chi connectivity index (χ1) is 9.67. The summed E-state index contributed by atoms with van der Waals surface area (Å²) in [5.74, 6) is 2.85. The van der Waals surface area contributed by atoms with E-state index < -0.39 is 0 Å². The van der Waals surface area contributed by atoms with E-state index in [2.05, 4.69) is 27.4 Å². The molecule has 0 radical (unpaired) electrons. The van der Waals surface area contributed by atoms with Crippen molar-refractivity contribution < 1.29 is 4.74 Å². The number of methoxy groups -OCH3 is 1. The zero-order valence-corrected chi connectivity index (χ0v) is 11.9. The minimum absolute atomic E-state index is 0.496. The lowest BCUT2D eigenvalue weighted by Gasteiger charge is -2.07. The maximum atomic E-state index is 5.68. The summed E-state index contributed by atoms with van der Waals surface area (Å²) in [5.41, 5.74) is 6.98. The van der Waals surface area contributed by atoms with Gasteiger partial charge in [0.05, 0.1) is 7.11 Å². The number of ether oxygens (including phenoxy) is 1. The van der Waals surface area contributed by atoms with Crippen molar-refractivity contribution in [2.45, 2.75) is 19.8 Å². The van der Waals surface area contributed by atoms with Crippen LogP contribution >= 0.6 is 0 Å². The maximum Gasteiger partial charge on any atom is 0.131 e. The lowest BCUT2D eigenvalue weighted by Crippen LogP contribution is -2.07. The molecule has 0 aliphatic heterocycles. The third-order valence-electron chi connectivity index (χ3n) is 2.97. The van der Waals surface area contributed by atoms with Crippen LogP contribution in [0.15, 0.2) is 30.3 Å². The molecule has 2 rings (SSSR count). The fraction of sp³-hybridized carbons (Fsp3) is 0.333. The van der Waals surface area contributed by atoms with Crippen molar-refractivity contribution in [3.8, 4) is 5.75 Å². The van der Waals surface area contributed by atoms with Crippen molar-refractivity contribution in [3.05, 3.63) is 41.7 Å². The van der Waals surface area contributed by atoms with Crippen molar-refractivity contribution in [1.29, 1.82) is 0 Å². The number of nitrogens with two attached hydrogens (primary N) is 1. The van der Waals surface area contributed by atoms with Gasteiger partial charge in [-0.2, -0.15) is 0 Å². The monoisotopic (exact) mass is 272 g/mol. The first-order valence-corrected chi connectivity index (χ1v) is 6.65. The van der Waals surface area contributed by atoms with Crippen LogP contribution < -0.4 is 15.8 Å². The molecular formula is C15H20N4O. The molecule has 1 heterocycles. The number of hydrogen-bond donors (Lipinski definition) is 2. The number of benzene rings is 1. The molecule has 106 valence electrons. The van der Waals surface area contributed by atoms with Gasteiger partial charge in [-0.3, -0.25) is 0 Å². The van der Waals surface area contributed by atoms with E-state index in [1.165, 1.54) is 5.56 Å². The van der Waals surface area contributed by atoms with Gasteiger partial charge < -0.3 is 15.8 Å². The third kappa shape index (κ3) is 4.12. The number of anilines is 2. The van der Waals surface area contributed by atoms with Gasteiger partial charge in [0, 0.05) is 12.6 Å². The molecule has 1 aromatic carbocycles. The van der Waals surface area contributed by atoms with Gasteiger partial charge in [0.1, 0.15) is 23.2 Å². The van der Waals surface area contributed by atoms with E-state index in [1.807, 2.05) is 19.1 Å². The number of nitrogens with one attached hydrogen (secondary N) is 1. The van der Waals surface area contributed by atoms with Crippen LogP contribution in [0.25, 0.3) is 0 Å². The van der Waals surface area contributed by atoms with Crippen molar-refractivity contribution in [3.63, 3.8) is 0 Å². The van der Waals surface area contributed by atoms with Gasteiger partial charge in [0.25, 0.3) is 0 Å². The van der Waals surface area contributed by atoms with Crippen LogP contribution in [0.2, 0.25) is 0 Å². The maximum absolute atomic E-state index is 5.68. The van der Waals surface area contributed by atoms with Crippen molar-refractivity contribution in [2.24, 2.45) is 0 Å². The molecular weight excluding hydrogens is 252 g/mol. The SMILES string of the molecule is COc1ccc(CCCNc2cc(N)nc(C)n2)cc1. The van der Waals surface area contributed by atoms with Crippen LogP contribution in [0.1, 0.15) is 17.8 Å². The molecule has 0 saturated heterocycles. The Bertz CT molecular complexity index is 534. The highest BCUT2D eigenvalue weighted by Gasteiger charge is 1.99. The highest BCUT2D eigenvalue weighted by Crippen LogP contribution is 2.13. The molecule has 5 nitrogen and oxygen atoms in total. The average Bonchev–Trinajstić information content (AvgIpc) is 2.43. The number of aromatic nitrogens is 2. The van der Waals surface area contributed by atoms with Crippen molar-refractivity contribution in [2.75, 3.05) is 24.7 Å². The summed E-state index contributed by atoms with van der Waals surface area (Å²) in [6.45, 7) is 2.68. The second kappa shape index (κ2) is 6.75. The number of hydrogen-bond acceptors (Lipinski definition) is 5. The highest BCUT2D eigenvalue weighted by molar-refractivity contribution is 5.44. The minimum atomic E-state index is 0.496. The zero-order valence-electron chi connectivity index (χ0n) is 11.9. The number of nitrogens with zero attached hydrogens (tertiary/aromatic N) is 2. The van der Waals surface area contributed by atoms with Gasteiger partial charge in [0.15, 0.2) is 0 Å². The molecule has 0 amide bonds. The van der Waals surface area contributed by atoms with Crippen LogP contribution in [0.5, 0.6) is 5.75 Å². The Hall–Kier alpha value is -2.30. The van der Waals surface area contributed by atoms with Crippen LogP contribution in [0.4, 0.5) is 11.6 Å². The van der Waals surface area contributed by atoms with Crippen LogP contribution in [0, 0.1) is 6.92 Å². The average molecular weight is 272 g/mol. The molecule has 0 aliphatic rings.